The maximum Gasteiger partial charge on any atom is 0.339 e. The van der Waals surface area contributed by atoms with Gasteiger partial charge in [-0.3, -0.25) is 15.5 Å². The number of halogens is 1. The number of ether oxygens (including phenoxy) is 1. The highest BCUT2D eigenvalue weighted by atomic mass is 35.5. The van der Waals surface area contributed by atoms with E-state index in [9.17, 15) is 18.5 Å². The van der Waals surface area contributed by atoms with Gasteiger partial charge in [0.05, 0.1) is 12.0 Å². The molecule has 1 fully saturated rings. The molecule has 0 atom stereocenters. The molecule has 32 heavy (non-hydrogen) atoms. The SMILES string of the molecule is COc1c(OS(=O)(=O)c2cccc([N+](=O)[O-])c2)cc(C)cc1C1CCN(C(=N)N)CC1.Cl. The zero-order valence-corrected chi connectivity index (χ0v) is 19.2. The van der Waals surface area contributed by atoms with E-state index in [0.29, 0.717) is 18.8 Å². The summed E-state index contributed by atoms with van der Waals surface area (Å²) in [4.78, 5) is 11.8. The molecule has 0 aliphatic carbocycles. The third kappa shape index (κ3) is 5.40. The molecule has 2 aromatic carbocycles. The molecular weight excluding hydrogens is 460 g/mol. The Morgan fingerprint density at radius 1 is 1.25 bits per heavy atom. The molecular formula is C20H25ClN4O6S. The number of hydrogen-bond donors (Lipinski definition) is 2. The number of hydrogen-bond acceptors (Lipinski definition) is 7. The molecule has 1 heterocycles. The van der Waals surface area contributed by atoms with Gasteiger partial charge < -0.3 is 19.6 Å². The second kappa shape index (κ2) is 10.0. The number of nitrogens with zero attached hydrogens (tertiary/aromatic N) is 2. The fourth-order valence-corrected chi connectivity index (χ4v) is 4.67. The van der Waals surface area contributed by atoms with Crippen molar-refractivity contribution in [1.82, 2.24) is 4.90 Å². The van der Waals surface area contributed by atoms with E-state index in [-0.39, 0.29) is 40.6 Å². The molecule has 12 heteroatoms. The van der Waals surface area contributed by atoms with E-state index in [2.05, 4.69) is 0 Å². The van der Waals surface area contributed by atoms with Crippen molar-refractivity contribution in [3.05, 3.63) is 57.6 Å². The molecule has 0 amide bonds. The smallest absolute Gasteiger partial charge is 0.339 e. The van der Waals surface area contributed by atoms with Crippen molar-refractivity contribution in [2.75, 3.05) is 20.2 Å². The Hall–Kier alpha value is -3.05. The molecule has 0 unspecified atom stereocenters. The van der Waals surface area contributed by atoms with Gasteiger partial charge in [0.25, 0.3) is 5.69 Å². The summed E-state index contributed by atoms with van der Waals surface area (Å²) in [6, 6.07) is 8.18. The lowest BCUT2D eigenvalue weighted by molar-refractivity contribution is -0.385. The molecule has 0 spiro atoms. The lowest BCUT2D eigenvalue weighted by Gasteiger charge is -2.33. The highest BCUT2D eigenvalue weighted by Gasteiger charge is 2.28. The summed E-state index contributed by atoms with van der Waals surface area (Å²) in [6.45, 7) is 3.04. The number of rotatable bonds is 6. The van der Waals surface area contributed by atoms with Crippen molar-refractivity contribution in [3.8, 4) is 11.5 Å². The molecule has 1 saturated heterocycles. The molecule has 0 aromatic heterocycles. The van der Waals surface area contributed by atoms with Crippen molar-refractivity contribution in [2.24, 2.45) is 5.73 Å². The van der Waals surface area contributed by atoms with Gasteiger partial charge in [0.15, 0.2) is 17.5 Å². The fourth-order valence-electron chi connectivity index (χ4n) is 3.70. The van der Waals surface area contributed by atoms with Gasteiger partial charge >= 0.3 is 10.1 Å². The van der Waals surface area contributed by atoms with Gasteiger partial charge in [-0.25, -0.2) is 0 Å². The number of benzene rings is 2. The van der Waals surface area contributed by atoms with Crippen molar-refractivity contribution in [3.63, 3.8) is 0 Å². The minimum absolute atomic E-state index is 0. The maximum absolute atomic E-state index is 12.8. The summed E-state index contributed by atoms with van der Waals surface area (Å²) in [6.07, 6.45) is 1.44. The number of aryl methyl sites for hydroxylation is 1. The molecule has 0 radical (unpaired) electrons. The topological polar surface area (TPSA) is 149 Å². The first-order valence-corrected chi connectivity index (χ1v) is 11.0. The van der Waals surface area contributed by atoms with Gasteiger partial charge in [-0.2, -0.15) is 8.42 Å². The van der Waals surface area contributed by atoms with Crippen LogP contribution in [-0.4, -0.2) is 44.4 Å². The number of nitro groups is 1. The lowest BCUT2D eigenvalue weighted by Crippen LogP contribution is -2.41. The van der Waals surface area contributed by atoms with Gasteiger partial charge in [-0.1, -0.05) is 12.1 Å². The van der Waals surface area contributed by atoms with E-state index in [0.717, 1.165) is 30.0 Å². The summed E-state index contributed by atoms with van der Waals surface area (Å²) in [5.74, 6) is 0.439. The van der Waals surface area contributed by atoms with Crippen LogP contribution in [0, 0.1) is 22.4 Å². The van der Waals surface area contributed by atoms with Crippen LogP contribution < -0.4 is 14.7 Å². The van der Waals surface area contributed by atoms with Gasteiger partial charge in [0.1, 0.15) is 4.90 Å². The molecule has 0 bridgehead atoms. The first-order valence-electron chi connectivity index (χ1n) is 9.59. The zero-order chi connectivity index (χ0) is 22.8. The minimum Gasteiger partial charge on any atom is -0.492 e. The number of nitro benzene ring substituents is 1. The summed E-state index contributed by atoms with van der Waals surface area (Å²) in [7, 11) is -2.89. The van der Waals surface area contributed by atoms with Crippen LogP contribution in [0.25, 0.3) is 0 Å². The van der Waals surface area contributed by atoms with Gasteiger partial charge in [-0.05, 0) is 43.4 Å². The monoisotopic (exact) mass is 484 g/mol. The number of nitrogens with one attached hydrogen (secondary N) is 1. The van der Waals surface area contributed by atoms with Crippen molar-refractivity contribution >= 4 is 34.2 Å². The van der Waals surface area contributed by atoms with Crippen LogP contribution in [-0.2, 0) is 10.1 Å². The van der Waals surface area contributed by atoms with Crippen LogP contribution in [0.4, 0.5) is 5.69 Å². The number of nitrogens with two attached hydrogens (primary N) is 1. The van der Waals surface area contributed by atoms with Crippen molar-refractivity contribution < 1.29 is 22.3 Å². The number of likely N-dealkylation sites (tertiary alicyclic amines) is 1. The fraction of sp³-hybridized carbons (Fsp3) is 0.350. The predicted octanol–water partition coefficient (Wildman–Crippen LogP) is 3.17. The molecule has 0 saturated carbocycles. The Bertz CT molecular complexity index is 1120. The number of guanidine groups is 1. The van der Waals surface area contributed by atoms with Crippen LogP contribution >= 0.6 is 12.4 Å². The molecule has 1 aliphatic heterocycles. The Morgan fingerprint density at radius 2 is 1.91 bits per heavy atom. The van der Waals surface area contributed by atoms with E-state index in [1.807, 2.05) is 13.0 Å². The first-order chi connectivity index (χ1) is 14.6. The van der Waals surface area contributed by atoms with E-state index in [1.165, 1.54) is 25.3 Å². The van der Waals surface area contributed by atoms with E-state index in [4.69, 9.17) is 20.1 Å². The minimum atomic E-state index is -4.32. The average molecular weight is 485 g/mol. The number of non-ortho nitro benzene ring substituents is 1. The van der Waals surface area contributed by atoms with Gasteiger partial charge in [0, 0.05) is 30.8 Å². The number of methoxy groups -OCH3 is 1. The summed E-state index contributed by atoms with van der Waals surface area (Å²) >= 11 is 0. The van der Waals surface area contributed by atoms with Crippen LogP contribution in [0.3, 0.4) is 0 Å². The Balaban J connectivity index is 0.00000363. The summed E-state index contributed by atoms with van der Waals surface area (Å²) < 4.78 is 36.5. The van der Waals surface area contributed by atoms with E-state index < -0.39 is 15.0 Å². The molecule has 3 rings (SSSR count). The van der Waals surface area contributed by atoms with Crippen LogP contribution in [0.5, 0.6) is 11.5 Å². The van der Waals surface area contributed by atoms with E-state index >= 15 is 0 Å². The Labute approximate surface area is 192 Å². The van der Waals surface area contributed by atoms with E-state index in [1.54, 1.807) is 11.0 Å². The molecule has 2 aromatic rings. The zero-order valence-electron chi connectivity index (χ0n) is 17.6. The molecule has 3 N–H and O–H groups in total. The molecule has 10 nitrogen and oxygen atoms in total. The Kier molecular flexibility index (Phi) is 7.92. The van der Waals surface area contributed by atoms with Crippen LogP contribution in [0.2, 0.25) is 0 Å². The average Bonchev–Trinajstić information content (AvgIpc) is 2.73. The highest BCUT2D eigenvalue weighted by molar-refractivity contribution is 7.87. The largest absolute Gasteiger partial charge is 0.492 e. The lowest BCUT2D eigenvalue weighted by atomic mass is 9.88. The quantitative estimate of drug-likeness (QED) is 0.209. The normalized spacial score (nSPS) is 14.4. The van der Waals surface area contributed by atoms with Gasteiger partial charge in [-0.15, -0.1) is 12.4 Å². The Morgan fingerprint density at radius 3 is 2.47 bits per heavy atom. The summed E-state index contributed by atoms with van der Waals surface area (Å²) in [5, 5.41) is 18.6. The standard InChI is InChI=1S/C20H24N4O6S.ClH/c1-13-10-17(14-6-8-23(9-7-14)20(21)22)19(29-2)18(11-13)30-31(27,28)16-5-3-4-15(12-16)24(25)26;/h3-5,10-12,14H,6-9H2,1-2H3,(H3,21,22);1H. The second-order valence-electron chi connectivity index (χ2n) is 7.32. The second-order valence-corrected chi connectivity index (χ2v) is 8.87. The van der Waals surface area contributed by atoms with Crippen LogP contribution in [0.15, 0.2) is 41.3 Å². The predicted molar refractivity (Wildman–Crippen MR) is 121 cm³/mol. The molecule has 174 valence electrons. The third-order valence-electron chi connectivity index (χ3n) is 5.22. The highest BCUT2D eigenvalue weighted by Crippen LogP contribution is 2.42. The molecule has 1 aliphatic rings. The third-order valence-corrected chi connectivity index (χ3v) is 6.45. The summed E-state index contributed by atoms with van der Waals surface area (Å²) in [5.41, 5.74) is 6.82. The number of piperidine rings is 1. The van der Waals surface area contributed by atoms with Crippen LogP contribution in [0.1, 0.15) is 29.9 Å². The van der Waals surface area contributed by atoms with Gasteiger partial charge in [0.2, 0.25) is 0 Å². The van der Waals surface area contributed by atoms with Crippen molar-refractivity contribution in [2.45, 2.75) is 30.6 Å². The maximum atomic E-state index is 12.8. The first kappa shape index (κ1) is 25.2. The van der Waals surface area contributed by atoms with Crippen molar-refractivity contribution in [1.29, 1.82) is 5.41 Å².